The zero-order valence-electron chi connectivity index (χ0n) is 12.0. The van der Waals surface area contributed by atoms with Crippen molar-refractivity contribution in [2.75, 3.05) is 33.2 Å². The Morgan fingerprint density at radius 1 is 1.29 bits per heavy atom. The SMILES string of the molecule is CNC(=O)C1CN(C(C)=O)CCN(C(=O)c2ccno2)C1. The summed E-state index contributed by atoms with van der Waals surface area (Å²) in [6.07, 6.45) is 1.39. The first kappa shape index (κ1) is 15.0. The zero-order valence-corrected chi connectivity index (χ0v) is 12.0. The van der Waals surface area contributed by atoms with Crippen LogP contribution in [0.3, 0.4) is 0 Å². The van der Waals surface area contributed by atoms with Crippen molar-refractivity contribution in [2.45, 2.75) is 6.92 Å². The summed E-state index contributed by atoms with van der Waals surface area (Å²) >= 11 is 0. The largest absolute Gasteiger partial charge is 0.359 e. The van der Waals surface area contributed by atoms with Crippen LogP contribution in [0.1, 0.15) is 17.5 Å². The van der Waals surface area contributed by atoms with Gasteiger partial charge in [0.05, 0.1) is 12.1 Å². The molecule has 0 spiro atoms. The highest BCUT2D eigenvalue weighted by molar-refractivity contribution is 5.92. The Morgan fingerprint density at radius 3 is 2.52 bits per heavy atom. The molecule has 1 saturated heterocycles. The van der Waals surface area contributed by atoms with Crippen LogP contribution in [0.25, 0.3) is 0 Å². The smallest absolute Gasteiger partial charge is 0.292 e. The Hall–Kier alpha value is -2.38. The zero-order chi connectivity index (χ0) is 15.4. The summed E-state index contributed by atoms with van der Waals surface area (Å²) in [6, 6.07) is 1.48. The number of nitrogens with zero attached hydrogens (tertiary/aromatic N) is 3. The van der Waals surface area contributed by atoms with E-state index in [2.05, 4.69) is 10.5 Å². The highest BCUT2D eigenvalue weighted by Crippen LogP contribution is 2.13. The lowest BCUT2D eigenvalue weighted by molar-refractivity contribution is -0.130. The van der Waals surface area contributed by atoms with Gasteiger partial charge in [0.2, 0.25) is 17.6 Å². The van der Waals surface area contributed by atoms with Crippen molar-refractivity contribution in [3.05, 3.63) is 18.0 Å². The molecule has 2 heterocycles. The molecule has 1 fully saturated rings. The van der Waals surface area contributed by atoms with Crippen LogP contribution < -0.4 is 5.32 Å². The molecule has 0 bridgehead atoms. The van der Waals surface area contributed by atoms with Gasteiger partial charge in [-0.25, -0.2) is 0 Å². The van der Waals surface area contributed by atoms with E-state index in [9.17, 15) is 14.4 Å². The number of carbonyl (C=O) groups is 3. The van der Waals surface area contributed by atoms with Gasteiger partial charge >= 0.3 is 0 Å². The summed E-state index contributed by atoms with van der Waals surface area (Å²) in [5.74, 6) is -0.974. The maximum absolute atomic E-state index is 12.3. The van der Waals surface area contributed by atoms with E-state index in [1.807, 2.05) is 0 Å². The van der Waals surface area contributed by atoms with E-state index in [0.717, 1.165) is 0 Å². The third-order valence-electron chi connectivity index (χ3n) is 3.52. The van der Waals surface area contributed by atoms with E-state index in [0.29, 0.717) is 19.6 Å². The Kier molecular flexibility index (Phi) is 4.56. The summed E-state index contributed by atoms with van der Waals surface area (Å²) in [7, 11) is 1.54. The Balaban J connectivity index is 2.17. The molecule has 1 aliphatic heterocycles. The van der Waals surface area contributed by atoms with Crippen molar-refractivity contribution in [1.82, 2.24) is 20.3 Å². The second-order valence-electron chi connectivity index (χ2n) is 4.90. The summed E-state index contributed by atoms with van der Waals surface area (Å²) in [5.41, 5.74) is 0. The lowest BCUT2D eigenvalue weighted by atomic mass is 10.1. The van der Waals surface area contributed by atoms with E-state index < -0.39 is 5.92 Å². The van der Waals surface area contributed by atoms with Crippen LogP contribution in [-0.2, 0) is 9.59 Å². The fourth-order valence-corrected chi connectivity index (χ4v) is 2.34. The van der Waals surface area contributed by atoms with E-state index in [4.69, 9.17) is 4.52 Å². The van der Waals surface area contributed by atoms with Crippen LogP contribution in [0.4, 0.5) is 0 Å². The number of rotatable bonds is 2. The van der Waals surface area contributed by atoms with E-state index in [1.54, 1.807) is 4.90 Å². The second kappa shape index (κ2) is 6.38. The first-order valence-corrected chi connectivity index (χ1v) is 6.70. The fraction of sp³-hybridized carbons (Fsp3) is 0.538. The maximum atomic E-state index is 12.3. The van der Waals surface area contributed by atoms with Gasteiger partial charge in [0, 0.05) is 46.2 Å². The molecule has 3 amide bonds. The predicted molar refractivity (Wildman–Crippen MR) is 72.2 cm³/mol. The number of carbonyl (C=O) groups excluding carboxylic acids is 3. The minimum absolute atomic E-state index is 0.113. The second-order valence-corrected chi connectivity index (χ2v) is 4.90. The van der Waals surface area contributed by atoms with E-state index in [1.165, 1.54) is 31.1 Å². The van der Waals surface area contributed by atoms with Gasteiger partial charge in [-0.1, -0.05) is 5.16 Å². The molecule has 114 valence electrons. The van der Waals surface area contributed by atoms with Crippen LogP contribution in [0.5, 0.6) is 0 Å². The van der Waals surface area contributed by atoms with E-state index in [-0.39, 0.29) is 30.0 Å². The molecule has 0 aliphatic carbocycles. The molecule has 2 rings (SSSR count). The molecular formula is C13H18N4O4. The van der Waals surface area contributed by atoms with Gasteiger partial charge in [-0.2, -0.15) is 0 Å². The fourth-order valence-electron chi connectivity index (χ4n) is 2.34. The Labute approximate surface area is 122 Å². The predicted octanol–water partition coefficient (Wildman–Crippen LogP) is -0.659. The molecule has 21 heavy (non-hydrogen) atoms. The molecule has 1 unspecified atom stereocenters. The minimum atomic E-state index is -0.465. The van der Waals surface area contributed by atoms with Crippen LogP contribution >= 0.6 is 0 Å². The molecule has 8 nitrogen and oxygen atoms in total. The van der Waals surface area contributed by atoms with Crippen molar-refractivity contribution in [2.24, 2.45) is 5.92 Å². The topological polar surface area (TPSA) is 95.8 Å². The number of hydrogen-bond donors (Lipinski definition) is 1. The van der Waals surface area contributed by atoms with Crippen LogP contribution in [0.2, 0.25) is 0 Å². The monoisotopic (exact) mass is 294 g/mol. The summed E-state index contributed by atoms with van der Waals surface area (Å²) in [5, 5.41) is 6.07. The van der Waals surface area contributed by atoms with Gasteiger partial charge in [-0.3, -0.25) is 14.4 Å². The Bertz CT molecular complexity index is 528. The molecule has 0 saturated carbocycles. The molecule has 1 N–H and O–H groups in total. The minimum Gasteiger partial charge on any atom is -0.359 e. The van der Waals surface area contributed by atoms with E-state index >= 15 is 0 Å². The molecule has 0 radical (unpaired) electrons. The molecular weight excluding hydrogens is 276 g/mol. The molecule has 8 heteroatoms. The quantitative estimate of drug-likeness (QED) is 0.781. The molecule has 1 aromatic heterocycles. The molecule has 1 atom stereocenters. The van der Waals surface area contributed by atoms with Crippen molar-refractivity contribution < 1.29 is 18.9 Å². The first-order chi connectivity index (χ1) is 10.0. The van der Waals surface area contributed by atoms with Gasteiger partial charge in [0.1, 0.15) is 0 Å². The lowest BCUT2D eigenvalue weighted by Crippen LogP contribution is -2.42. The number of amides is 3. The van der Waals surface area contributed by atoms with Gasteiger partial charge in [0.25, 0.3) is 5.91 Å². The third kappa shape index (κ3) is 3.39. The number of nitrogens with one attached hydrogen (secondary N) is 1. The average Bonchev–Trinajstić information content (AvgIpc) is 2.91. The van der Waals surface area contributed by atoms with Crippen LogP contribution in [0.15, 0.2) is 16.8 Å². The average molecular weight is 294 g/mol. The Morgan fingerprint density at radius 2 is 1.95 bits per heavy atom. The highest BCUT2D eigenvalue weighted by atomic mass is 16.5. The maximum Gasteiger partial charge on any atom is 0.292 e. The van der Waals surface area contributed by atoms with Crippen molar-refractivity contribution in [1.29, 1.82) is 0 Å². The standard InChI is InChI=1S/C13H18N4O4/c1-9(18)16-5-6-17(8-10(7-16)12(19)14-2)13(20)11-3-4-15-21-11/h3-4,10H,5-8H2,1-2H3,(H,14,19). The molecule has 1 aliphatic rings. The van der Waals surface area contributed by atoms with Gasteiger partial charge in [-0.15, -0.1) is 0 Å². The van der Waals surface area contributed by atoms with Crippen molar-refractivity contribution in [3.8, 4) is 0 Å². The molecule has 0 aromatic carbocycles. The number of aromatic nitrogens is 1. The molecule has 1 aromatic rings. The number of hydrogen-bond acceptors (Lipinski definition) is 5. The highest BCUT2D eigenvalue weighted by Gasteiger charge is 2.31. The summed E-state index contributed by atoms with van der Waals surface area (Å²) < 4.78 is 4.86. The van der Waals surface area contributed by atoms with Crippen molar-refractivity contribution in [3.63, 3.8) is 0 Å². The third-order valence-corrected chi connectivity index (χ3v) is 3.52. The van der Waals surface area contributed by atoms with Gasteiger partial charge < -0.3 is 19.6 Å². The summed E-state index contributed by atoms with van der Waals surface area (Å²) in [4.78, 5) is 38.9. The normalized spacial score (nSPS) is 19.0. The lowest BCUT2D eigenvalue weighted by Gasteiger charge is -2.22. The van der Waals surface area contributed by atoms with Gasteiger partial charge in [-0.05, 0) is 0 Å². The summed E-state index contributed by atoms with van der Waals surface area (Å²) in [6.45, 7) is 2.74. The van der Waals surface area contributed by atoms with Crippen molar-refractivity contribution >= 4 is 17.7 Å². The van der Waals surface area contributed by atoms with Crippen LogP contribution in [-0.4, -0.2) is 65.9 Å². The van der Waals surface area contributed by atoms with Gasteiger partial charge in [0.15, 0.2) is 0 Å². The first-order valence-electron chi connectivity index (χ1n) is 6.70. The van der Waals surface area contributed by atoms with Crippen LogP contribution in [0, 0.1) is 5.92 Å².